The van der Waals surface area contributed by atoms with E-state index in [1.165, 1.54) is 18.4 Å². The molecular formula is C21H27N3O2. The molecule has 1 aliphatic carbocycles. The van der Waals surface area contributed by atoms with Crippen LogP contribution < -0.4 is 0 Å². The Bertz CT molecular complexity index is 799. The summed E-state index contributed by atoms with van der Waals surface area (Å²) in [6.45, 7) is 2.65. The molecule has 4 rings (SSSR count). The van der Waals surface area contributed by atoms with Crippen molar-refractivity contribution < 1.29 is 9.90 Å². The van der Waals surface area contributed by atoms with Crippen molar-refractivity contribution in [3.05, 3.63) is 42.1 Å². The molecular weight excluding hydrogens is 326 g/mol. The molecule has 2 heterocycles. The van der Waals surface area contributed by atoms with Crippen LogP contribution in [0.3, 0.4) is 0 Å². The molecule has 1 atom stereocenters. The molecule has 0 spiro atoms. The lowest BCUT2D eigenvalue weighted by atomic mass is 9.90. The number of aromatic nitrogens is 1. The molecule has 5 heteroatoms. The smallest absolute Gasteiger partial charge is 0.255 e. The van der Waals surface area contributed by atoms with E-state index in [4.69, 9.17) is 0 Å². The minimum absolute atomic E-state index is 0.0814. The molecule has 2 aliphatic rings. The summed E-state index contributed by atoms with van der Waals surface area (Å²) in [5.41, 5.74) is 0.881. The highest BCUT2D eigenvalue weighted by atomic mass is 16.3. The molecule has 1 aromatic carbocycles. The van der Waals surface area contributed by atoms with Gasteiger partial charge in [-0.3, -0.25) is 14.7 Å². The lowest BCUT2D eigenvalue weighted by Crippen LogP contribution is -2.58. The molecule has 1 saturated carbocycles. The number of rotatable bonds is 6. The van der Waals surface area contributed by atoms with Gasteiger partial charge in [-0.2, -0.15) is 0 Å². The fourth-order valence-electron chi connectivity index (χ4n) is 4.08. The van der Waals surface area contributed by atoms with Crippen molar-refractivity contribution in [3.8, 4) is 0 Å². The van der Waals surface area contributed by atoms with Crippen molar-refractivity contribution in [3.63, 3.8) is 0 Å². The highest BCUT2D eigenvalue weighted by Crippen LogP contribution is 2.33. The van der Waals surface area contributed by atoms with E-state index in [9.17, 15) is 9.90 Å². The van der Waals surface area contributed by atoms with Gasteiger partial charge in [0, 0.05) is 37.8 Å². The third-order valence-corrected chi connectivity index (χ3v) is 5.59. The van der Waals surface area contributed by atoms with E-state index in [2.05, 4.69) is 16.0 Å². The lowest BCUT2D eigenvalue weighted by molar-refractivity contribution is -0.159. The Labute approximate surface area is 154 Å². The van der Waals surface area contributed by atoms with Gasteiger partial charge in [0.2, 0.25) is 0 Å². The summed E-state index contributed by atoms with van der Waals surface area (Å²) >= 11 is 0. The second kappa shape index (κ2) is 6.97. The molecule has 1 aliphatic heterocycles. The Hall–Kier alpha value is -1.98. The molecule has 1 unspecified atom stereocenters. The lowest BCUT2D eigenvalue weighted by Gasteiger charge is -2.40. The number of piperidine rings is 1. The van der Waals surface area contributed by atoms with Crippen LogP contribution in [0.25, 0.3) is 10.9 Å². The van der Waals surface area contributed by atoms with Gasteiger partial charge in [0.1, 0.15) is 0 Å². The van der Waals surface area contributed by atoms with Gasteiger partial charge >= 0.3 is 0 Å². The number of likely N-dealkylation sites (N-methyl/N-ethyl adjacent to an activating group) is 1. The van der Waals surface area contributed by atoms with Gasteiger partial charge in [-0.15, -0.1) is 0 Å². The van der Waals surface area contributed by atoms with Crippen LogP contribution in [0.1, 0.15) is 31.2 Å². The van der Waals surface area contributed by atoms with E-state index in [1.54, 1.807) is 0 Å². The highest BCUT2D eigenvalue weighted by molar-refractivity contribution is 5.86. The third kappa shape index (κ3) is 3.60. The Kier molecular flexibility index (Phi) is 4.67. The molecule has 1 aromatic heterocycles. The number of carbonyl (C=O) groups is 1. The molecule has 1 N–H and O–H groups in total. The number of carbonyl (C=O) groups excluding carboxylic acids is 1. The van der Waals surface area contributed by atoms with Gasteiger partial charge in [-0.25, -0.2) is 0 Å². The van der Waals surface area contributed by atoms with Crippen LogP contribution in [0, 0.1) is 5.92 Å². The Morgan fingerprint density at radius 3 is 2.92 bits per heavy atom. The maximum atomic E-state index is 12.9. The van der Waals surface area contributed by atoms with Gasteiger partial charge in [-0.05, 0) is 56.3 Å². The fourth-order valence-corrected chi connectivity index (χ4v) is 4.08. The standard InChI is InChI=1S/C21H27N3O2/c1-23(14-17-9-11-22-19-6-3-2-5-18(17)19)15-21(26)10-4-12-24(20(21)25)13-16-7-8-16/h2-3,5-6,9,11,16,26H,4,7-8,10,12-15H2,1H3. The first-order valence-corrected chi connectivity index (χ1v) is 9.58. The monoisotopic (exact) mass is 353 g/mol. The van der Waals surface area contributed by atoms with Crippen LogP contribution in [0.15, 0.2) is 36.5 Å². The average Bonchev–Trinajstić information content (AvgIpc) is 3.43. The van der Waals surface area contributed by atoms with Crippen LogP contribution in [0.5, 0.6) is 0 Å². The first-order chi connectivity index (χ1) is 12.5. The summed E-state index contributed by atoms with van der Waals surface area (Å²) in [4.78, 5) is 21.2. The first-order valence-electron chi connectivity index (χ1n) is 9.58. The number of benzene rings is 1. The topological polar surface area (TPSA) is 56.7 Å². The van der Waals surface area contributed by atoms with Crippen LogP contribution in [0.4, 0.5) is 0 Å². The normalized spacial score (nSPS) is 23.8. The summed E-state index contributed by atoms with van der Waals surface area (Å²) in [6, 6.07) is 10.1. The van der Waals surface area contributed by atoms with Crippen molar-refractivity contribution in [1.29, 1.82) is 0 Å². The van der Waals surface area contributed by atoms with E-state index in [-0.39, 0.29) is 5.91 Å². The summed E-state index contributed by atoms with van der Waals surface area (Å²) < 4.78 is 0. The average molecular weight is 353 g/mol. The van der Waals surface area contributed by atoms with E-state index in [0.29, 0.717) is 25.4 Å². The van der Waals surface area contributed by atoms with Gasteiger partial charge in [-0.1, -0.05) is 18.2 Å². The van der Waals surface area contributed by atoms with Crippen molar-refractivity contribution in [1.82, 2.24) is 14.8 Å². The minimum Gasteiger partial charge on any atom is -0.379 e. The van der Waals surface area contributed by atoms with E-state index in [0.717, 1.165) is 30.4 Å². The third-order valence-electron chi connectivity index (χ3n) is 5.59. The van der Waals surface area contributed by atoms with Gasteiger partial charge in [0.05, 0.1) is 5.52 Å². The van der Waals surface area contributed by atoms with Crippen LogP contribution >= 0.6 is 0 Å². The number of aliphatic hydroxyl groups is 1. The largest absolute Gasteiger partial charge is 0.379 e. The van der Waals surface area contributed by atoms with E-state index >= 15 is 0 Å². The van der Waals surface area contributed by atoms with Crippen LogP contribution in [-0.2, 0) is 11.3 Å². The number of pyridine rings is 1. The number of amides is 1. The zero-order valence-electron chi connectivity index (χ0n) is 15.4. The second-order valence-corrected chi connectivity index (χ2v) is 7.99. The van der Waals surface area contributed by atoms with Crippen molar-refractivity contribution >= 4 is 16.8 Å². The van der Waals surface area contributed by atoms with Crippen LogP contribution in [-0.4, -0.2) is 58.1 Å². The number of fused-ring (bicyclic) bond motifs is 1. The maximum absolute atomic E-state index is 12.9. The molecule has 138 valence electrons. The van der Waals surface area contributed by atoms with Crippen molar-refractivity contribution in [2.24, 2.45) is 5.92 Å². The molecule has 0 radical (unpaired) electrons. The van der Waals surface area contributed by atoms with Gasteiger partial charge < -0.3 is 10.0 Å². The zero-order chi connectivity index (χ0) is 18.1. The van der Waals surface area contributed by atoms with E-state index < -0.39 is 5.60 Å². The Morgan fingerprint density at radius 2 is 2.12 bits per heavy atom. The molecule has 2 fully saturated rings. The van der Waals surface area contributed by atoms with E-state index in [1.807, 2.05) is 42.4 Å². The number of hydrogen-bond donors (Lipinski definition) is 1. The highest BCUT2D eigenvalue weighted by Gasteiger charge is 2.44. The first kappa shape index (κ1) is 17.4. The number of likely N-dealkylation sites (tertiary alicyclic amines) is 1. The van der Waals surface area contributed by atoms with Gasteiger partial charge in [0.25, 0.3) is 5.91 Å². The zero-order valence-corrected chi connectivity index (χ0v) is 15.4. The summed E-state index contributed by atoms with van der Waals surface area (Å²) in [5, 5.41) is 12.2. The van der Waals surface area contributed by atoms with Crippen molar-refractivity contribution in [2.75, 3.05) is 26.7 Å². The molecule has 0 bridgehead atoms. The predicted molar refractivity (Wildman–Crippen MR) is 102 cm³/mol. The molecule has 1 amide bonds. The molecule has 5 nitrogen and oxygen atoms in total. The quantitative estimate of drug-likeness (QED) is 0.867. The Morgan fingerprint density at radius 1 is 1.31 bits per heavy atom. The molecule has 2 aromatic rings. The summed E-state index contributed by atoms with van der Waals surface area (Å²) in [7, 11) is 1.97. The summed E-state index contributed by atoms with van der Waals surface area (Å²) in [6.07, 6.45) is 5.69. The number of hydrogen-bond acceptors (Lipinski definition) is 4. The molecule has 26 heavy (non-hydrogen) atoms. The van der Waals surface area contributed by atoms with Crippen molar-refractivity contribution in [2.45, 2.75) is 37.8 Å². The maximum Gasteiger partial charge on any atom is 0.255 e. The minimum atomic E-state index is -1.26. The Balaban J connectivity index is 1.46. The fraction of sp³-hybridized carbons (Fsp3) is 0.524. The summed E-state index contributed by atoms with van der Waals surface area (Å²) in [5.74, 6) is 0.573. The van der Waals surface area contributed by atoms with Crippen LogP contribution in [0.2, 0.25) is 0 Å². The molecule has 1 saturated heterocycles. The number of nitrogens with zero attached hydrogens (tertiary/aromatic N) is 3. The predicted octanol–water partition coefficient (Wildman–Crippen LogP) is 2.43. The van der Waals surface area contributed by atoms with Gasteiger partial charge in [0.15, 0.2) is 5.60 Å². The SMILES string of the molecule is CN(Cc1ccnc2ccccc12)CC1(O)CCCN(CC2CC2)C1=O. The number of para-hydroxylation sites is 1. The second-order valence-electron chi connectivity index (χ2n) is 7.99.